The standard InChI is InChI=1S/C18H27N3O2/c1-13(2)14-7-5-8-15(11-14)19-17(22)12-21-10-6-9-16(21)18(23)20(3)4/h5,7-8,11,13,16H,6,9-10,12H2,1-4H3,(H,19,22). The van der Waals surface area contributed by atoms with Crippen molar-refractivity contribution in [3.63, 3.8) is 0 Å². The summed E-state index contributed by atoms with van der Waals surface area (Å²) >= 11 is 0. The monoisotopic (exact) mass is 317 g/mol. The number of carbonyl (C=O) groups is 2. The van der Waals surface area contributed by atoms with Gasteiger partial charge in [0.1, 0.15) is 0 Å². The Labute approximate surface area is 138 Å². The Morgan fingerprint density at radius 1 is 1.35 bits per heavy atom. The topological polar surface area (TPSA) is 52.7 Å². The third-order valence-corrected chi connectivity index (χ3v) is 4.27. The summed E-state index contributed by atoms with van der Waals surface area (Å²) in [5, 5.41) is 2.95. The Morgan fingerprint density at radius 3 is 2.74 bits per heavy atom. The minimum Gasteiger partial charge on any atom is -0.347 e. The van der Waals surface area contributed by atoms with Gasteiger partial charge in [-0.25, -0.2) is 0 Å². The molecule has 5 heteroatoms. The number of carbonyl (C=O) groups excluding carboxylic acids is 2. The summed E-state index contributed by atoms with van der Waals surface area (Å²) in [5.74, 6) is 0.439. The van der Waals surface area contributed by atoms with Gasteiger partial charge in [0.2, 0.25) is 11.8 Å². The number of likely N-dealkylation sites (N-methyl/N-ethyl adjacent to an activating group) is 1. The zero-order valence-electron chi connectivity index (χ0n) is 14.5. The van der Waals surface area contributed by atoms with E-state index in [1.54, 1.807) is 19.0 Å². The number of rotatable bonds is 5. The summed E-state index contributed by atoms with van der Waals surface area (Å²) in [4.78, 5) is 28.1. The molecule has 5 nitrogen and oxygen atoms in total. The molecule has 1 aliphatic heterocycles. The quantitative estimate of drug-likeness (QED) is 0.906. The highest BCUT2D eigenvalue weighted by Crippen LogP contribution is 2.20. The van der Waals surface area contributed by atoms with Gasteiger partial charge in [0.05, 0.1) is 12.6 Å². The molecule has 0 saturated carbocycles. The van der Waals surface area contributed by atoms with Crippen LogP contribution in [-0.2, 0) is 9.59 Å². The second-order valence-electron chi connectivity index (χ2n) is 6.69. The smallest absolute Gasteiger partial charge is 0.239 e. The maximum Gasteiger partial charge on any atom is 0.239 e. The largest absolute Gasteiger partial charge is 0.347 e. The van der Waals surface area contributed by atoms with Gasteiger partial charge >= 0.3 is 0 Å². The van der Waals surface area contributed by atoms with E-state index in [4.69, 9.17) is 0 Å². The Morgan fingerprint density at radius 2 is 2.09 bits per heavy atom. The molecule has 2 amide bonds. The molecule has 1 heterocycles. The third kappa shape index (κ3) is 4.55. The van der Waals surface area contributed by atoms with Gasteiger partial charge in [0.15, 0.2) is 0 Å². The van der Waals surface area contributed by atoms with Crippen LogP contribution in [0.3, 0.4) is 0 Å². The van der Waals surface area contributed by atoms with Crippen molar-refractivity contribution in [3.8, 4) is 0 Å². The molecule has 1 aromatic rings. The molecule has 1 saturated heterocycles. The molecule has 0 radical (unpaired) electrons. The number of anilines is 1. The Hall–Kier alpha value is -1.88. The van der Waals surface area contributed by atoms with E-state index < -0.39 is 0 Å². The van der Waals surface area contributed by atoms with Crippen LogP contribution in [0.5, 0.6) is 0 Å². The summed E-state index contributed by atoms with van der Waals surface area (Å²) in [6.07, 6.45) is 1.79. The maximum absolute atomic E-state index is 12.3. The summed E-state index contributed by atoms with van der Waals surface area (Å²) < 4.78 is 0. The van der Waals surface area contributed by atoms with Gasteiger partial charge in [0.25, 0.3) is 0 Å². The van der Waals surface area contributed by atoms with E-state index in [1.165, 1.54) is 5.56 Å². The van der Waals surface area contributed by atoms with E-state index >= 15 is 0 Å². The fraction of sp³-hybridized carbons (Fsp3) is 0.556. The van der Waals surface area contributed by atoms with Crippen LogP contribution in [-0.4, -0.2) is 54.8 Å². The van der Waals surface area contributed by atoms with Crippen molar-refractivity contribution in [2.45, 2.75) is 38.6 Å². The molecule has 2 rings (SSSR count). The predicted molar refractivity (Wildman–Crippen MR) is 92.4 cm³/mol. The number of likely N-dealkylation sites (tertiary alicyclic amines) is 1. The van der Waals surface area contributed by atoms with Crippen LogP contribution in [0.25, 0.3) is 0 Å². The highest BCUT2D eigenvalue weighted by molar-refractivity contribution is 5.93. The molecular formula is C18H27N3O2. The van der Waals surface area contributed by atoms with Crippen LogP contribution in [0.15, 0.2) is 24.3 Å². The zero-order chi connectivity index (χ0) is 17.0. The van der Waals surface area contributed by atoms with Gasteiger partial charge in [-0.15, -0.1) is 0 Å². The van der Waals surface area contributed by atoms with Gasteiger partial charge in [0, 0.05) is 19.8 Å². The van der Waals surface area contributed by atoms with E-state index in [0.29, 0.717) is 5.92 Å². The van der Waals surface area contributed by atoms with Gasteiger partial charge in [-0.3, -0.25) is 14.5 Å². The molecule has 1 atom stereocenters. The lowest BCUT2D eigenvalue weighted by Crippen LogP contribution is -2.45. The fourth-order valence-corrected chi connectivity index (χ4v) is 2.95. The molecule has 126 valence electrons. The first-order valence-electron chi connectivity index (χ1n) is 8.23. The van der Waals surface area contributed by atoms with Crippen LogP contribution in [0.2, 0.25) is 0 Å². The van der Waals surface area contributed by atoms with Crippen molar-refractivity contribution in [3.05, 3.63) is 29.8 Å². The molecule has 0 aliphatic carbocycles. The molecule has 0 aromatic heterocycles. The first-order valence-corrected chi connectivity index (χ1v) is 8.23. The molecule has 0 bridgehead atoms. The van der Waals surface area contributed by atoms with Crippen molar-refractivity contribution in [2.75, 3.05) is 32.5 Å². The molecule has 0 spiro atoms. The average Bonchev–Trinajstić information content (AvgIpc) is 2.94. The summed E-state index contributed by atoms with van der Waals surface area (Å²) in [5.41, 5.74) is 2.01. The van der Waals surface area contributed by atoms with E-state index in [1.807, 2.05) is 23.1 Å². The van der Waals surface area contributed by atoms with Crippen LogP contribution in [0.1, 0.15) is 38.2 Å². The van der Waals surface area contributed by atoms with Crippen molar-refractivity contribution in [1.29, 1.82) is 0 Å². The molecule has 23 heavy (non-hydrogen) atoms. The molecule has 1 aromatic carbocycles. The molecule has 1 aliphatic rings. The van der Waals surface area contributed by atoms with E-state index in [2.05, 4.69) is 25.2 Å². The first kappa shape index (κ1) is 17.5. The van der Waals surface area contributed by atoms with E-state index in [0.717, 1.165) is 25.1 Å². The predicted octanol–water partition coefficient (Wildman–Crippen LogP) is 2.30. The van der Waals surface area contributed by atoms with Gasteiger partial charge in [-0.1, -0.05) is 26.0 Å². The number of nitrogens with zero attached hydrogens (tertiary/aromatic N) is 2. The SMILES string of the molecule is CC(C)c1cccc(NC(=O)CN2CCCC2C(=O)N(C)C)c1. The molecule has 1 unspecified atom stereocenters. The van der Waals surface area contributed by atoms with Crippen LogP contribution in [0, 0.1) is 0 Å². The number of hydrogen-bond acceptors (Lipinski definition) is 3. The highest BCUT2D eigenvalue weighted by Gasteiger charge is 2.32. The summed E-state index contributed by atoms with van der Waals surface area (Å²) in [6.45, 7) is 5.31. The Bertz CT molecular complexity index is 569. The lowest BCUT2D eigenvalue weighted by molar-refractivity contribution is -0.133. The van der Waals surface area contributed by atoms with Gasteiger partial charge in [-0.2, -0.15) is 0 Å². The van der Waals surface area contributed by atoms with Crippen LogP contribution >= 0.6 is 0 Å². The molecule has 1 N–H and O–H groups in total. The third-order valence-electron chi connectivity index (χ3n) is 4.27. The summed E-state index contributed by atoms with van der Waals surface area (Å²) in [6, 6.07) is 7.76. The first-order chi connectivity index (χ1) is 10.9. The molecule has 1 fully saturated rings. The Kier molecular flexibility index (Phi) is 5.77. The minimum absolute atomic E-state index is 0.0654. The number of amides is 2. The van der Waals surface area contributed by atoms with Gasteiger partial charge in [-0.05, 0) is 43.0 Å². The van der Waals surface area contributed by atoms with Crippen molar-refractivity contribution in [2.24, 2.45) is 0 Å². The summed E-state index contributed by atoms with van der Waals surface area (Å²) in [7, 11) is 3.52. The normalized spacial score (nSPS) is 18.2. The highest BCUT2D eigenvalue weighted by atomic mass is 16.2. The molecular weight excluding hydrogens is 290 g/mol. The van der Waals surface area contributed by atoms with Crippen LogP contribution < -0.4 is 5.32 Å². The maximum atomic E-state index is 12.3. The fourth-order valence-electron chi connectivity index (χ4n) is 2.95. The average molecular weight is 317 g/mol. The zero-order valence-corrected chi connectivity index (χ0v) is 14.5. The Balaban J connectivity index is 1.96. The lowest BCUT2D eigenvalue weighted by Gasteiger charge is -2.25. The van der Waals surface area contributed by atoms with Crippen molar-refractivity contribution < 1.29 is 9.59 Å². The number of hydrogen-bond donors (Lipinski definition) is 1. The van der Waals surface area contributed by atoms with Crippen molar-refractivity contribution >= 4 is 17.5 Å². The van der Waals surface area contributed by atoms with Crippen LogP contribution in [0.4, 0.5) is 5.69 Å². The number of nitrogens with one attached hydrogen (secondary N) is 1. The second-order valence-corrected chi connectivity index (χ2v) is 6.69. The van der Waals surface area contributed by atoms with E-state index in [9.17, 15) is 9.59 Å². The number of benzene rings is 1. The van der Waals surface area contributed by atoms with Crippen molar-refractivity contribution in [1.82, 2.24) is 9.80 Å². The second kappa shape index (κ2) is 7.59. The van der Waals surface area contributed by atoms with E-state index in [-0.39, 0.29) is 24.4 Å². The lowest BCUT2D eigenvalue weighted by atomic mass is 10.0. The minimum atomic E-state index is -0.169. The van der Waals surface area contributed by atoms with Gasteiger partial charge < -0.3 is 10.2 Å².